The van der Waals surface area contributed by atoms with E-state index >= 15 is 0 Å². The summed E-state index contributed by atoms with van der Waals surface area (Å²) in [7, 11) is 0. The molecule has 0 radical (unpaired) electrons. The molecule has 5 heterocycles. The Labute approximate surface area is 292 Å². The highest BCUT2D eigenvalue weighted by atomic mass is 19.1. The predicted molar refractivity (Wildman–Crippen MR) is 191 cm³/mol. The van der Waals surface area contributed by atoms with Crippen molar-refractivity contribution in [1.82, 2.24) is 43.7 Å². The van der Waals surface area contributed by atoms with E-state index in [0.717, 1.165) is 32.2 Å². The predicted octanol–water partition coefficient (Wildman–Crippen LogP) is 3.84. The number of hydrogen-bond acceptors (Lipinski definition) is 9. The number of nitrogens with zero attached hydrogens (tertiary/aromatic N) is 9. The van der Waals surface area contributed by atoms with Crippen LogP contribution in [-0.2, 0) is 11.3 Å². The molecule has 0 bridgehead atoms. The van der Waals surface area contributed by atoms with E-state index < -0.39 is 5.82 Å². The van der Waals surface area contributed by atoms with E-state index in [9.17, 15) is 19.1 Å². The van der Waals surface area contributed by atoms with Gasteiger partial charge in [-0.05, 0) is 50.6 Å². The molecule has 6 aromatic rings. The number of phenols is 1. The fraction of sp³-hybridized carbons (Fsp3) is 0.297. The van der Waals surface area contributed by atoms with Crippen molar-refractivity contribution in [3.8, 4) is 34.5 Å². The molecule has 2 aromatic carbocycles. The number of rotatable bonds is 8. The van der Waals surface area contributed by atoms with Gasteiger partial charge in [-0.2, -0.15) is 10.2 Å². The van der Waals surface area contributed by atoms with Crippen molar-refractivity contribution in [3.05, 3.63) is 94.7 Å². The van der Waals surface area contributed by atoms with Crippen LogP contribution in [-0.4, -0.2) is 87.0 Å². The summed E-state index contributed by atoms with van der Waals surface area (Å²) in [5.74, 6) is 5.96. The number of nitrogens with two attached hydrogens (primary N) is 1. The van der Waals surface area contributed by atoms with Crippen molar-refractivity contribution in [2.24, 2.45) is 0 Å². The first kappa shape index (κ1) is 33.4. The first-order valence-electron chi connectivity index (χ1n) is 16.8. The number of halogens is 1. The number of unbranched alkanes of at least 4 members (excludes halogenated alkanes) is 1. The third-order valence-electron chi connectivity index (χ3n) is 9.09. The molecule has 260 valence electrons. The van der Waals surface area contributed by atoms with Gasteiger partial charge in [0.25, 0.3) is 5.56 Å². The molecule has 4 aromatic heterocycles. The number of para-hydroxylation sites is 1. The number of nitrogen functional groups attached to an aromatic ring is 1. The lowest BCUT2D eigenvalue weighted by molar-refractivity contribution is -0.133. The number of aromatic nitrogens is 7. The lowest BCUT2D eigenvalue weighted by Crippen LogP contribution is -2.50. The number of hydrogen-bond donors (Lipinski definition) is 2. The molecular formula is C37H37FN10O3. The molecule has 13 nitrogen and oxygen atoms in total. The average Bonchev–Trinajstić information content (AvgIpc) is 3.70. The number of piperazine rings is 1. The zero-order chi connectivity index (χ0) is 35.6. The van der Waals surface area contributed by atoms with Gasteiger partial charge in [0.05, 0.1) is 16.6 Å². The van der Waals surface area contributed by atoms with Crippen molar-refractivity contribution in [2.75, 3.05) is 31.9 Å². The van der Waals surface area contributed by atoms with Gasteiger partial charge in [0.1, 0.15) is 41.5 Å². The molecule has 1 saturated heterocycles. The number of anilines is 1. The van der Waals surface area contributed by atoms with E-state index in [1.165, 1.54) is 32.2 Å². The van der Waals surface area contributed by atoms with E-state index in [0.29, 0.717) is 58.9 Å². The molecule has 51 heavy (non-hydrogen) atoms. The number of carbonyl (C=O) groups excluding carboxylic acids is 1. The van der Waals surface area contributed by atoms with Crippen molar-refractivity contribution in [2.45, 2.75) is 45.7 Å². The summed E-state index contributed by atoms with van der Waals surface area (Å²) in [4.78, 5) is 39.9. The minimum atomic E-state index is -0.649. The summed E-state index contributed by atoms with van der Waals surface area (Å²) in [6.07, 6.45) is 4.55. The smallest absolute Gasteiger partial charge is 0.283 e. The molecule has 3 N–H and O–H groups in total. The van der Waals surface area contributed by atoms with Crippen molar-refractivity contribution < 1.29 is 14.3 Å². The Bertz CT molecular complexity index is 2340. The highest BCUT2D eigenvalue weighted by Gasteiger charge is 2.23. The van der Waals surface area contributed by atoms with Crippen molar-refractivity contribution >= 4 is 28.3 Å². The number of fused-ring (bicyclic) bond motifs is 2. The van der Waals surface area contributed by atoms with Gasteiger partial charge in [-0.1, -0.05) is 30.0 Å². The molecule has 0 saturated carbocycles. The summed E-state index contributed by atoms with van der Waals surface area (Å²) >= 11 is 0. The Balaban J connectivity index is 1.18. The van der Waals surface area contributed by atoms with Gasteiger partial charge in [0.15, 0.2) is 11.5 Å². The zero-order valence-corrected chi connectivity index (χ0v) is 28.3. The molecule has 14 heteroatoms. The van der Waals surface area contributed by atoms with Crippen molar-refractivity contribution in [1.29, 1.82) is 0 Å². The quantitative estimate of drug-likeness (QED) is 0.180. The number of aromatic hydroxyl groups is 1. The average molecular weight is 689 g/mol. The normalized spacial score (nSPS) is 13.6. The second-order valence-corrected chi connectivity index (χ2v) is 12.7. The van der Waals surface area contributed by atoms with Crippen LogP contribution in [0.4, 0.5) is 10.2 Å². The van der Waals surface area contributed by atoms with Gasteiger partial charge < -0.3 is 15.7 Å². The standard InChI is InChI=1S/C37H37FN10O3/c1-24(2)44-15-17-45(18-16-44)31(50)12-8-3-5-9-25-13-14-46-34(25)37(51)48(28-10-6-4-7-11-28)30(42-46)22-47-36-32(35(39)40-23-41-36)33(43-47)26-19-27(38)21-29(49)20-26/h4,6-7,10-11,13-14,19-21,23-24,49H,3,8,12,15-18,22H2,1-2H3,(H2,39,40,41). The molecule has 1 amide bonds. The fourth-order valence-electron chi connectivity index (χ4n) is 6.48. The van der Waals surface area contributed by atoms with Crippen LogP contribution in [0, 0.1) is 17.7 Å². The number of benzene rings is 2. The van der Waals surface area contributed by atoms with E-state index in [1.54, 1.807) is 24.4 Å². The minimum absolute atomic E-state index is 0.0198. The Morgan fingerprint density at radius 3 is 2.57 bits per heavy atom. The highest BCUT2D eigenvalue weighted by Crippen LogP contribution is 2.32. The minimum Gasteiger partial charge on any atom is -0.508 e. The van der Waals surface area contributed by atoms with Crippen LogP contribution in [0.5, 0.6) is 5.75 Å². The molecular weight excluding hydrogens is 651 g/mol. The monoisotopic (exact) mass is 688 g/mol. The Morgan fingerprint density at radius 2 is 1.82 bits per heavy atom. The molecule has 0 atom stereocenters. The molecule has 7 rings (SSSR count). The maximum atomic E-state index is 14.3. The van der Waals surface area contributed by atoms with Gasteiger partial charge >= 0.3 is 0 Å². The molecule has 0 spiro atoms. The SMILES string of the molecule is CC(C)N1CCN(C(=O)CCCC#Cc2ccn3nc(Cn4nc(-c5cc(O)cc(F)c5)c5c(N)ncnc54)n(-c4ccccc4)c(=O)c23)CC1. The lowest BCUT2D eigenvalue weighted by Gasteiger charge is -2.37. The summed E-state index contributed by atoms with van der Waals surface area (Å²) in [6, 6.07) is 14.9. The maximum absolute atomic E-state index is 14.3. The van der Waals surface area contributed by atoms with Crippen LogP contribution in [0.3, 0.4) is 0 Å². The van der Waals surface area contributed by atoms with Gasteiger partial charge in [0, 0.05) is 62.9 Å². The zero-order valence-electron chi connectivity index (χ0n) is 28.3. The lowest BCUT2D eigenvalue weighted by atomic mass is 10.1. The van der Waals surface area contributed by atoms with E-state index in [4.69, 9.17) is 15.9 Å². The third-order valence-corrected chi connectivity index (χ3v) is 9.09. The van der Waals surface area contributed by atoms with Crippen LogP contribution in [0.1, 0.15) is 44.5 Å². The number of amides is 1. The maximum Gasteiger partial charge on any atom is 0.283 e. The van der Waals surface area contributed by atoms with Gasteiger partial charge in [0.2, 0.25) is 5.91 Å². The first-order chi connectivity index (χ1) is 24.7. The van der Waals surface area contributed by atoms with Crippen LogP contribution < -0.4 is 11.3 Å². The Hall–Kier alpha value is -6.07. The largest absolute Gasteiger partial charge is 0.508 e. The molecule has 1 fully saturated rings. The van der Waals surface area contributed by atoms with E-state index in [1.807, 2.05) is 23.1 Å². The summed E-state index contributed by atoms with van der Waals surface area (Å²) < 4.78 is 18.8. The number of phenolic OH excluding ortho intramolecular Hbond substituents is 1. The van der Waals surface area contributed by atoms with Crippen LogP contribution in [0.15, 0.2) is 71.9 Å². The Kier molecular flexibility index (Phi) is 9.20. The van der Waals surface area contributed by atoms with E-state index in [2.05, 4.69) is 40.6 Å². The second-order valence-electron chi connectivity index (χ2n) is 12.7. The Morgan fingerprint density at radius 1 is 1.04 bits per heavy atom. The highest BCUT2D eigenvalue weighted by molar-refractivity contribution is 5.98. The second kappa shape index (κ2) is 14.0. The van der Waals surface area contributed by atoms with Gasteiger partial charge in [-0.3, -0.25) is 19.1 Å². The summed E-state index contributed by atoms with van der Waals surface area (Å²) in [5, 5.41) is 20.0. The van der Waals surface area contributed by atoms with E-state index in [-0.39, 0.29) is 40.8 Å². The summed E-state index contributed by atoms with van der Waals surface area (Å²) in [5.41, 5.74) is 8.22. The van der Waals surface area contributed by atoms with Crippen LogP contribution in [0.25, 0.3) is 33.5 Å². The third kappa shape index (κ3) is 6.75. The summed E-state index contributed by atoms with van der Waals surface area (Å²) in [6.45, 7) is 7.61. The van der Waals surface area contributed by atoms with Crippen LogP contribution >= 0.6 is 0 Å². The van der Waals surface area contributed by atoms with Crippen molar-refractivity contribution in [3.63, 3.8) is 0 Å². The van der Waals surface area contributed by atoms with Crippen LogP contribution in [0.2, 0.25) is 0 Å². The molecule has 1 aliphatic rings. The first-order valence-corrected chi connectivity index (χ1v) is 16.8. The topological polar surface area (TPSA) is 153 Å². The fourth-order valence-corrected chi connectivity index (χ4v) is 6.48. The number of carbonyl (C=O) groups is 1. The molecule has 0 aliphatic carbocycles. The molecule has 1 aliphatic heterocycles. The van der Waals surface area contributed by atoms with Gasteiger partial charge in [-0.25, -0.2) is 23.6 Å². The van der Waals surface area contributed by atoms with Gasteiger partial charge in [-0.15, -0.1) is 0 Å². The molecule has 0 unspecified atom stereocenters.